The summed E-state index contributed by atoms with van der Waals surface area (Å²) in [7, 11) is -4.40. The number of benzene rings is 2. The molecular formula is C23H22F3N3O2S. The molecule has 4 rings (SSSR count). The third-order valence-corrected chi connectivity index (χ3v) is 7.54. The van der Waals surface area contributed by atoms with E-state index in [1.807, 2.05) is 31.2 Å². The Balaban J connectivity index is 1.77. The standard InChI is InChI=1S/C23H22F3N3O2S/c1-16-14-27-10-9-19(16)17-5-4-6-18(13-17)21-15-28-11-12-29(21)32(30,31)22-8-3-2-7-20(22)23(24,25)26/h2-10,13-14,21,28H,11-12,15H2,1H3. The van der Waals surface area contributed by atoms with E-state index in [0.29, 0.717) is 18.7 Å². The molecule has 9 heteroatoms. The lowest BCUT2D eigenvalue weighted by Crippen LogP contribution is -2.48. The normalized spacial score (nSPS) is 17.9. The van der Waals surface area contributed by atoms with Crippen molar-refractivity contribution in [2.45, 2.75) is 24.0 Å². The van der Waals surface area contributed by atoms with Crippen LogP contribution in [0.2, 0.25) is 0 Å². The van der Waals surface area contributed by atoms with Crippen LogP contribution in [0.25, 0.3) is 11.1 Å². The first-order chi connectivity index (χ1) is 15.2. The highest BCUT2D eigenvalue weighted by Crippen LogP contribution is 2.38. The van der Waals surface area contributed by atoms with Crippen molar-refractivity contribution < 1.29 is 21.6 Å². The van der Waals surface area contributed by atoms with Gasteiger partial charge in [-0.1, -0.05) is 30.3 Å². The van der Waals surface area contributed by atoms with Crippen LogP contribution in [0.4, 0.5) is 13.2 Å². The van der Waals surface area contributed by atoms with E-state index in [4.69, 9.17) is 0 Å². The van der Waals surface area contributed by atoms with Crippen LogP contribution in [-0.4, -0.2) is 37.3 Å². The van der Waals surface area contributed by atoms with Gasteiger partial charge in [0.25, 0.3) is 0 Å². The Morgan fingerprint density at radius 2 is 1.88 bits per heavy atom. The molecule has 2 aromatic carbocycles. The van der Waals surface area contributed by atoms with Crippen LogP contribution in [0.5, 0.6) is 0 Å². The van der Waals surface area contributed by atoms with Crippen molar-refractivity contribution in [1.82, 2.24) is 14.6 Å². The summed E-state index contributed by atoms with van der Waals surface area (Å²) in [6, 6.07) is 13.0. The fraction of sp³-hybridized carbons (Fsp3) is 0.261. The number of aromatic nitrogens is 1. The van der Waals surface area contributed by atoms with E-state index >= 15 is 0 Å². The van der Waals surface area contributed by atoms with Gasteiger partial charge in [0.1, 0.15) is 0 Å². The van der Waals surface area contributed by atoms with Gasteiger partial charge in [-0.25, -0.2) is 8.42 Å². The lowest BCUT2D eigenvalue weighted by molar-refractivity contribution is -0.139. The number of alkyl halides is 3. The minimum Gasteiger partial charge on any atom is -0.313 e. The first-order valence-corrected chi connectivity index (χ1v) is 11.5. The van der Waals surface area contributed by atoms with E-state index in [2.05, 4.69) is 10.3 Å². The number of rotatable bonds is 4. The number of pyridine rings is 1. The monoisotopic (exact) mass is 461 g/mol. The van der Waals surface area contributed by atoms with Crippen molar-refractivity contribution in [3.05, 3.63) is 83.7 Å². The highest BCUT2D eigenvalue weighted by Gasteiger charge is 2.41. The van der Waals surface area contributed by atoms with E-state index in [-0.39, 0.29) is 6.54 Å². The Hall–Kier alpha value is -2.75. The number of sulfonamides is 1. The van der Waals surface area contributed by atoms with Gasteiger partial charge in [-0.2, -0.15) is 17.5 Å². The van der Waals surface area contributed by atoms with E-state index in [1.165, 1.54) is 16.4 Å². The number of aryl methyl sites for hydroxylation is 1. The molecule has 32 heavy (non-hydrogen) atoms. The number of hydrogen-bond acceptors (Lipinski definition) is 4. The zero-order valence-corrected chi connectivity index (χ0v) is 18.1. The molecule has 5 nitrogen and oxygen atoms in total. The molecule has 1 saturated heterocycles. The highest BCUT2D eigenvalue weighted by atomic mass is 32.2. The van der Waals surface area contributed by atoms with Crippen LogP contribution in [-0.2, 0) is 16.2 Å². The predicted molar refractivity (Wildman–Crippen MR) is 115 cm³/mol. The molecule has 1 aliphatic rings. The van der Waals surface area contributed by atoms with Crippen molar-refractivity contribution >= 4 is 10.0 Å². The fourth-order valence-corrected chi connectivity index (χ4v) is 5.85. The Bertz CT molecular complexity index is 1230. The average Bonchev–Trinajstić information content (AvgIpc) is 2.79. The lowest BCUT2D eigenvalue weighted by Gasteiger charge is -2.36. The van der Waals surface area contributed by atoms with Crippen molar-refractivity contribution in [2.75, 3.05) is 19.6 Å². The topological polar surface area (TPSA) is 62.3 Å². The molecule has 1 N–H and O–H groups in total. The summed E-state index contributed by atoms with van der Waals surface area (Å²) in [6.45, 7) is 2.65. The van der Waals surface area contributed by atoms with Crippen LogP contribution in [0.15, 0.2) is 71.9 Å². The van der Waals surface area contributed by atoms with Crippen molar-refractivity contribution in [2.24, 2.45) is 0 Å². The molecule has 2 heterocycles. The SMILES string of the molecule is Cc1cnccc1-c1cccc(C2CNCCN2S(=O)(=O)c2ccccc2C(F)(F)F)c1. The van der Waals surface area contributed by atoms with Gasteiger partial charge in [-0.3, -0.25) is 4.98 Å². The van der Waals surface area contributed by atoms with E-state index in [1.54, 1.807) is 18.5 Å². The quantitative estimate of drug-likeness (QED) is 0.625. The fourth-order valence-electron chi connectivity index (χ4n) is 4.02. The number of hydrogen-bond donors (Lipinski definition) is 1. The maximum atomic E-state index is 13.5. The molecule has 1 unspecified atom stereocenters. The summed E-state index contributed by atoms with van der Waals surface area (Å²) in [4.78, 5) is 3.38. The number of nitrogens with one attached hydrogen (secondary N) is 1. The number of nitrogens with zero attached hydrogens (tertiary/aromatic N) is 2. The average molecular weight is 462 g/mol. The van der Waals surface area contributed by atoms with Gasteiger partial charge in [-0.05, 0) is 53.4 Å². The number of piperazine rings is 1. The Morgan fingerprint density at radius 3 is 2.62 bits per heavy atom. The molecule has 1 aliphatic heterocycles. The third kappa shape index (κ3) is 4.28. The molecule has 0 bridgehead atoms. The minimum absolute atomic E-state index is 0.0672. The van der Waals surface area contributed by atoms with Gasteiger partial charge >= 0.3 is 6.18 Å². The molecule has 0 saturated carbocycles. The largest absolute Gasteiger partial charge is 0.417 e. The van der Waals surface area contributed by atoms with Crippen molar-refractivity contribution in [3.63, 3.8) is 0 Å². The second kappa shape index (κ2) is 8.65. The second-order valence-electron chi connectivity index (χ2n) is 7.65. The molecular weight excluding hydrogens is 439 g/mol. The van der Waals surface area contributed by atoms with Gasteiger partial charge in [0.2, 0.25) is 10.0 Å². The smallest absolute Gasteiger partial charge is 0.313 e. The molecule has 0 amide bonds. The zero-order chi connectivity index (χ0) is 22.9. The molecule has 0 radical (unpaired) electrons. The molecule has 1 fully saturated rings. The zero-order valence-electron chi connectivity index (χ0n) is 17.3. The van der Waals surface area contributed by atoms with Gasteiger partial charge < -0.3 is 5.32 Å². The van der Waals surface area contributed by atoms with Crippen molar-refractivity contribution in [1.29, 1.82) is 0 Å². The molecule has 0 spiro atoms. The lowest BCUT2D eigenvalue weighted by atomic mass is 9.97. The predicted octanol–water partition coefficient (Wildman–Crippen LogP) is 4.41. The number of halogens is 3. The Kier molecular flexibility index (Phi) is 6.07. The summed E-state index contributed by atoms with van der Waals surface area (Å²) in [5.41, 5.74) is 2.37. The van der Waals surface area contributed by atoms with Crippen molar-refractivity contribution in [3.8, 4) is 11.1 Å². The van der Waals surface area contributed by atoms with E-state index < -0.39 is 32.7 Å². The first-order valence-electron chi connectivity index (χ1n) is 10.1. The van der Waals surface area contributed by atoms with Crippen LogP contribution in [0.3, 0.4) is 0 Å². The molecule has 3 aromatic rings. The van der Waals surface area contributed by atoms with Crippen LogP contribution in [0, 0.1) is 6.92 Å². The second-order valence-corrected chi connectivity index (χ2v) is 9.50. The highest BCUT2D eigenvalue weighted by molar-refractivity contribution is 7.89. The molecule has 1 atom stereocenters. The maximum absolute atomic E-state index is 13.5. The Labute approximate surface area is 185 Å². The van der Waals surface area contributed by atoms with Gasteiger partial charge in [-0.15, -0.1) is 0 Å². The van der Waals surface area contributed by atoms with Crippen LogP contribution < -0.4 is 5.32 Å². The van der Waals surface area contributed by atoms with E-state index in [0.717, 1.165) is 28.8 Å². The first kappa shape index (κ1) is 22.4. The Morgan fingerprint density at radius 1 is 1.09 bits per heavy atom. The van der Waals surface area contributed by atoms with Gasteiger partial charge in [0, 0.05) is 32.0 Å². The van der Waals surface area contributed by atoms with Crippen LogP contribution in [0.1, 0.15) is 22.7 Å². The van der Waals surface area contributed by atoms with Gasteiger partial charge in [0.05, 0.1) is 16.5 Å². The van der Waals surface area contributed by atoms with Crippen LogP contribution >= 0.6 is 0 Å². The summed E-state index contributed by atoms with van der Waals surface area (Å²) in [5.74, 6) is 0. The molecule has 0 aliphatic carbocycles. The summed E-state index contributed by atoms with van der Waals surface area (Å²) in [6.07, 6.45) is -1.34. The maximum Gasteiger partial charge on any atom is 0.417 e. The van der Waals surface area contributed by atoms with Gasteiger partial charge in [0.15, 0.2) is 0 Å². The molecule has 1 aromatic heterocycles. The third-order valence-electron chi connectivity index (χ3n) is 5.58. The van der Waals surface area contributed by atoms with E-state index in [9.17, 15) is 21.6 Å². The summed E-state index contributed by atoms with van der Waals surface area (Å²) >= 11 is 0. The summed E-state index contributed by atoms with van der Waals surface area (Å²) in [5, 5.41) is 3.16. The molecule has 168 valence electrons. The summed E-state index contributed by atoms with van der Waals surface area (Å²) < 4.78 is 68.7. The minimum atomic E-state index is -4.77.